The predicted molar refractivity (Wildman–Crippen MR) is 29.2 cm³/mol. The van der Waals surface area contributed by atoms with Gasteiger partial charge in [-0.05, 0) is 17.5 Å². The van der Waals surface area contributed by atoms with Crippen LogP contribution in [0.15, 0.2) is 0 Å². The molecule has 0 aromatic heterocycles. The van der Waals surface area contributed by atoms with Gasteiger partial charge >= 0.3 is 5.92 Å². The minimum Gasteiger partial charge on any atom is -0.326 e. The summed E-state index contributed by atoms with van der Waals surface area (Å²) in [5, 5.41) is 0. The second-order valence-corrected chi connectivity index (χ2v) is 6.46. The van der Waals surface area contributed by atoms with Gasteiger partial charge in [-0.3, -0.25) is 4.57 Å². The lowest BCUT2D eigenvalue weighted by molar-refractivity contribution is 0.513. The lowest BCUT2D eigenvalue weighted by Gasteiger charge is -1.89. The van der Waals surface area contributed by atoms with Crippen LogP contribution in [0.25, 0.3) is 0 Å². The Balaban J connectivity index is 3.48. The third kappa shape index (κ3) is 4.83. The van der Waals surface area contributed by atoms with Crippen LogP contribution < -0.4 is 0 Å². The summed E-state index contributed by atoms with van der Waals surface area (Å²) in [5.41, 5.74) is 0. The molecule has 6 heavy (non-hydrogen) atoms. The van der Waals surface area contributed by atoms with Crippen LogP contribution >= 0.6 is 28.5 Å². The second-order valence-electron chi connectivity index (χ2n) is 0.634. The highest BCUT2D eigenvalue weighted by Crippen LogP contribution is 2.57. The Hall–Kier alpha value is 0.830. The van der Waals surface area contributed by atoms with Crippen LogP contribution in [-0.4, -0.2) is 11.1 Å². The fraction of sp³-hybridized carbons (Fsp3) is 1.00. The van der Waals surface area contributed by atoms with E-state index in [9.17, 15) is 4.57 Å². The molecule has 0 aliphatic rings. The Morgan fingerprint density at radius 3 is 2.17 bits per heavy atom. The number of rotatable bonds is 1. The molecule has 0 saturated heterocycles. The van der Waals surface area contributed by atoms with E-state index in [0.717, 1.165) is 11.4 Å². The second kappa shape index (κ2) is 2.22. The summed E-state index contributed by atoms with van der Waals surface area (Å²) >= 11 is 5.55. The van der Waals surface area contributed by atoms with Gasteiger partial charge < -0.3 is 4.89 Å². The summed E-state index contributed by atoms with van der Waals surface area (Å²) in [6.45, 7) is 0. The highest BCUT2D eigenvalue weighted by molar-refractivity contribution is 8.63. The lowest BCUT2D eigenvalue weighted by Crippen LogP contribution is -1.50. The molecule has 1 unspecified atom stereocenters. The van der Waals surface area contributed by atoms with Gasteiger partial charge in [0.15, 0.2) is 0 Å². The monoisotopic (exact) mass is 146 g/mol. The van der Waals surface area contributed by atoms with Crippen LogP contribution in [-0.2, 0) is 4.57 Å². The summed E-state index contributed by atoms with van der Waals surface area (Å²) < 4.78 is 9.87. The SMILES string of the molecule is CSP(=O)(O)Cl. The third-order valence-corrected chi connectivity index (χ3v) is 3.27. The highest BCUT2D eigenvalue weighted by Gasteiger charge is 2.07. The van der Waals surface area contributed by atoms with Crippen molar-refractivity contribution in [2.75, 3.05) is 6.26 Å². The normalized spacial score (nSPS) is 19.8. The van der Waals surface area contributed by atoms with Crippen LogP contribution in [0.2, 0.25) is 0 Å². The Kier molecular flexibility index (Phi) is 2.53. The van der Waals surface area contributed by atoms with Crippen molar-refractivity contribution in [1.29, 1.82) is 0 Å². The quantitative estimate of drug-likeness (QED) is 0.572. The number of halogens is 1. The summed E-state index contributed by atoms with van der Waals surface area (Å²) in [5.74, 6) is -3.26. The summed E-state index contributed by atoms with van der Waals surface area (Å²) in [7, 11) is 0. The van der Waals surface area contributed by atoms with Crippen molar-refractivity contribution in [2.45, 2.75) is 0 Å². The van der Waals surface area contributed by atoms with Gasteiger partial charge in [0.2, 0.25) is 0 Å². The van der Waals surface area contributed by atoms with E-state index >= 15 is 0 Å². The average Bonchev–Trinajstić information content (AvgIpc) is 1.35. The van der Waals surface area contributed by atoms with Gasteiger partial charge in [0.1, 0.15) is 0 Å². The molecule has 2 nitrogen and oxygen atoms in total. The first kappa shape index (κ1) is 6.83. The van der Waals surface area contributed by atoms with Gasteiger partial charge in [0.05, 0.1) is 0 Å². The molecule has 1 N–H and O–H groups in total. The van der Waals surface area contributed by atoms with E-state index in [2.05, 4.69) is 0 Å². The van der Waals surface area contributed by atoms with Crippen molar-refractivity contribution < 1.29 is 9.46 Å². The molecule has 0 spiro atoms. The van der Waals surface area contributed by atoms with Gasteiger partial charge in [-0.2, -0.15) is 0 Å². The lowest BCUT2D eigenvalue weighted by atomic mass is 12.0. The van der Waals surface area contributed by atoms with Crippen LogP contribution in [0.1, 0.15) is 0 Å². The molecule has 0 radical (unpaired) electrons. The molecule has 38 valence electrons. The number of hydrogen-bond acceptors (Lipinski definition) is 2. The van der Waals surface area contributed by atoms with Crippen molar-refractivity contribution in [1.82, 2.24) is 0 Å². The van der Waals surface area contributed by atoms with Crippen molar-refractivity contribution in [3.8, 4) is 0 Å². The Morgan fingerprint density at radius 2 is 2.17 bits per heavy atom. The van der Waals surface area contributed by atoms with E-state index in [4.69, 9.17) is 16.1 Å². The number of hydrogen-bond donors (Lipinski definition) is 1. The average molecular weight is 147 g/mol. The van der Waals surface area contributed by atoms with E-state index < -0.39 is 5.92 Å². The first-order valence-corrected chi connectivity index (χ1v) is 5.54. The zero-order valence-corrected chi connectivity index (χ0v) is 5.56. The van der Waals surface area contributed by atoms with E-state index in [-0.39, 0.29) is 0 Å². The Labute approximate surface area is 44.9 Å². The minimum atomic E-state index is -3.26. The minimum absolute atomic E-state index is 0.758. The standard InChI is InChI=1S/CH4ClO2PS/c1-6-5(2,3)4/h1H3,(H,3,4). The fourth-order valence-corrected chi connectivity index (χ4v) is 0. The highest BCUT2D eigenvalue weighted by atomic mass is 35.7. The Bertz CT molecular complexity index is 77.6. The molecule has 0 aromatic carbocycles. The first-order chi connectivity index (χ1) is 2.56. The molecule has 5 heteroatoms. The van der Waals surface area contributed by atoms with E-state index in [0.29, 0.717) is 0 Å². The van der Waals surface area contributed by atoms with Gasteiger partial charge in [0.25, 0.3) is 0 Å². The molecule has 0 aliphatic heterocycles. The molecule has 1 atom stereocenters. The van der Waals surface area contributed by atoms with Crippen molar-refractivity contribution >= 4 is 28.5 Å². The maximum atomic E-state index is 9.87. The predicted octanol–water partition coefficient (Wildman–Crippen LogP) is 1.69. The molecule has 0 fully saturated rings. The van der Waals surface area contributed by atoms with Crippen molar-refractivity contribution in [3.05, 3.63) is 0 Å². The summed E-state index contributed by atoms with van der Waals surface area (Å²) in [4.78, 5) is 8.11. The summed E-state index contributed by atoms with van der Waals surface area (Å²) in [6, 6.07) is 0. The van der Waals surface area contributed by atoms with Crippen LogP contribution in [0, 0.1) is 0 Å². The molecule has 0 bridgehead atoms. The van der Waals surface area contributed by atoms with E-state index in [1.165, 1.54) is 6.26 Å². The van der Waals surface area contributed by atoms with E-state index in [1.54, 1.807) is 0 Å². The molecular weight excluding hydrogens is 143 g/mol. The largest absolute Gasteiger partial charge is 0.343 e. The first-order valence-electron chi connectivity index (χ1n) is 1.14. The molecule has 0 aliphatic carbocycles. The molecule has 0 heterocycles. The van der Waals surface area contributed by atoms with Crippen LogP contribution in [0.4, 0.5) is 0 Å². The zero-order valence-electron chi connectivity index (χ0n) is 3.09. The third-order valence-electron chi connectivity index (χ3n) is 0.225. The molecule has 0 amide bonds. The van der Waals surface area contributed by atoms with Crippen molar-refractivity contribution in [2.24, 2.45) is 0 Å². The van der Waals surface area contributed by atoms with Gasteiger partial charge in [-0.15, -0.1) is 0 Å². The van der Waals surface area contributed by atoms with E-state index in [1.807, 2.05) is 0 Å². The molecule has 0 saturated carbocycles. The maximum Gasteiger partial charge on any atom is 0.343 e. The van der Waals surface area contributed by atoms with Gasteiger partial charge in [-0.25, -0.2) is 0 Å². The van der Waals surface area contributed by atoms with Gasteiger partial charge in [-0.1, -0.05) is 11.4 Å². The smallest absolute Gasteiger partial charge is 0.326 e. The van der Waals surface area contributed by atoms with Crippen LogP contribution in [0.5, 0.6) is 0 Å². The molecular formula is CH4ClO2PS. The maximum absolute atomic E-state index is 9.87. The van der Waals surface area contributed by atoms with Gasteiger partial charge in [0, 0.05) is 0 Å². The summed E-state index contributed by atoms with van der Waals surface area (Å²) in [6.07, 6.45) is 1.48. The zero-order chi connectivity index (χ0) is 5.21. The Morgan fingerprint density at radius 1 is 2.00 bits per heavy atom. The molecule has 0 aromatic rings. The fourth-order valence-electron chi connectivity index (χ4n) is 0. The van der Waals surface area contributed by atoms with Crippen LogP contribution in [0.3, 0.4) is 0 Å². The van der Waals surface area contributed by atoms with Crippen molar-refractivity contribution in [3.63, 3.8) is 0 Å². The topological polar surface area (TPSA) is 37.3 Å². The molecule has 0 rings (SSSR count).